The molecule has 3 aromatic rings. The lowest BCUT2D eigenvalue weighted by molar-refractivity contribution is -0.137. The highest BCUT2D eigenvalue weighted by molar-refractivity contribution is 7.92. The maximum Gasteiger partial charge on any atom is 0.416 e. The zero-order valence-electron chi connectivity index (χ0n) is 16.7. The molecule has 0 amide bonds. The molecular formula is C20H18F3N5O2S2. The fourth-order valence-corrected chi connectivity index (χ4v) is 4.69. The Morgan fingerprint density at radius 3 is 2.28 bits per heavy atom. The summed E-state index contributed by atoms with van der Waals surface area (Å²) >= 11 is 1.24. The van der Waals surface area contributed by atoms with Crippen LogP contribution < -0.4 is 4.90 Å². The molecule has 0 radical (unpaired) electrons. The minimum Gasteiger partial charge on any atom is -0.354 e. The van der Waals surface area contributed by atoms with Gasteiger partial charge in [0.1, 0.15) is 5.82 Å². The van der Waals surface area contributed by atoms with Gasteiger partial charge in [0.25, 0.3) is 0 Å². The number of aromatic nitrogens is 3. The molecule has 0 N–H and O–H groups in total. The highest BCUT2D eigenvalue weighted by Gasteiger charge is 2.30. The Bertz CT molecular complexity index is 1210. The summed E-state index contributed by atoms with van der Waals surface area (Å²) in [6.45, 7) is 4.69. The van der Waals surface area contributed by atoms with Gasteiger partial charge in [-0.25, -0.2) is 22.8 Å². The third-order valence-electron chi connectivity index (χ3n) is 5.04. The van der Waals surface area contributed by atoms with E-state index in [0.29, 0.717) is 41.6 Å². The van der Waals surface area contributed by atoms with E-state index in [0.717, 1.165) is 17.5 Å². The van der Waals surface area contributed by atoms with E-state index < -0.39 is 21.8 Å². The van der Waals surface area contributed by atoms with Crippen molar-refractivity contribution in [3.05, 3.63) is 59.5 Å². The van der Waals surface area contributed by atoms with E-state index in [2.05, 4.69) is 20.9 Å². The first-order valence-electron chi connectivity index (χ1n) is 9.51. The fraction of sp³-hybridized carbons (Fsp3) is 0.250. The summed E-state index contributed by atoms with van der Waals surface area (Å²) in [6, 6.07) is 6.48. The number of hydrogen-bond acceptors (Lipinski definition) is 7. The van der Waals surface area contributed by atoms with Crippen molar-refractivity contribution in [3.63, 3.8) is 0 Å². The molecule has 7 nitrogen and oxygen atoms in total. The molecule has 1 aromatic carbocycles. The van der Waals surface area contributed by atoms with Gasteiger partial charge in [-0.2, -0.15) is 17.5 Å². The minimum atomic E-state index is -4.42. The number of nitrogens with zero attached hydrogens (tertiary/aromatic N) is 5. The molecule has 168 valence electrons. The Morgan fingerprint density at radius 2 is 1.72 bits per heavy atom. The average molecular weight is 482 g/mol. The first-order valence-corrected chi connectivity index (χ1v) is 11.9. The van der Waals surface area contributed by atoms with Gasteiger partial charge in [-0.15, -0.1) is 0 Å². The molecule has 1 aliphatic rings. The van der Waals surface area contributed by atoms with Crippen molar-refractivity contribution in [2.75, 3.05) is 31.1 Å². The third kappa shape index (κ3) is 4.66. The van der Waals surface area contributed by atoms with Crippen LogP contribution in [0.3, 0.4) is 0 Å². The molecule has 12 heteroatoms. The van der Waals surface area contributed by atoms with Gasteiger partial charge >= 0.3 is 6.18 Å². The third-order valence-corrected chi connectivity index (χ3v) is 7.14. The lowest BCUT2D eigenvalue weighted by Gasteiger charge is -2.34. The molecule has 4 rings (SSSR count). The highest BCUT2D eigenvalue weighted by atomic mass is 32.2. The van der Waals surface area contributed by atoms with Crippen molar-refractivity contribution in [1.82, 2.24) is 18.6 Å². The molecule has 1 fully saturated rings. The van der Waals surface area contributed by atoms with E-state index in [-0.39, 0.29) is 13.1 Å². The topological polar surface area (TPSA) is 79.3 Å². The van der Waals surface area contributed by atoms with Crippen LogP contribution in [0.1, 0.15) is 5.56 Å². The number of rotatable bonds is 5. The molecular weight excluding hydrogens is 463 g/mol. The van der Waals surface area contributed by atoms with E-state index in [4.69, 9.17) is 0 Å². The zero-order valence-corrected chi connectivity index (χ0v) is 18.3. The van der Waals surface area contributed by atoms with Crippen LogP contribution in [0.25, 0.3) is 22.6 Å². The molecule has 0 bridgehead atoms. The van der Waals surface area contributed by atoms with Gasteiger partial charge in [0.15, 0.2) is 5.82 Å². The maximum atomic E-state index is 12.9. The molecule has 1 saturated heterocycles. The van der Waals surface area contributed by atoms with Crippen molar-refractivity contribution >= 4 is 27.4 Å². The van der Waals surface area contributed by atoms with Gasteiger partial charge in [0.2, 0.25) is 10.0 Å². The summed E-state index contributed by atoms with van der Waals surface area (Å²) in [5.74, 6) is 0.957. The van der Waals surface area contributed by atoms with Crippen LogP contribution >= 0.6 is 11.5 Å². The summed E-state index contributed by atoms with van der Waals surface area (Å²) in [7, 11) is -3.50. The Kier molecular flexibility index (Phi) is 6.01. The van der Waals surface area contributed by atoms with E-state index in [1.807, 2.05) is 4.90 Å². The quantitative estimate of drug-likeness (QED) is 0.550. The average Bonchev–Trinajstić information content (AvgIpc) is 3.33. The van der Waals surface area contributed by atoms with E-state index in [9.17, 15) is 21.6 Å². The largest absolute Gasteiger partial charge is 0.416 e. The van der Waals surface area contributed by atoms with E-state index >= 15 is 0 Å². The van der Waals surface area contributed by atoms with Crippen LogP contribution in [-0.4, -0.2) is 53.2 Å². The summed E-state index contributed by atoms with van der Waals surface area (Å²) in [6.07, 6.45) is -2.80. The molecule has 0 aliphatic carbocycles. The SMILES string of the molecule is C=CS(=O)(=O)N1CCN(c2cc(-c3ccc(C(F)(F)F)cc3)nc(-c3cnsc3)n2)CC1. The van der Waals surface area contributed by atoms with Crippen LogP contribution in [0.5, 0.6) is 0 Å². The smallest absolute Gasteiger partial charge is 0.354 e. The summed E-state index contributed by atoms with van der Waals surface area (Å²) in [5, 5.41) is 2.71. The van der Waals surface area contributed by atoms with Crippen LogP contribution in [0, 0.1) is 0 Å². The van der Waals surface area contributed by atoms with Gasteiger partial charge in [0.05, 0.1) is 23.0 Å². The van der Waals surface area contributed by atoms with Crippen molar-refractivity contribution < 1.29 is 21.6 Å². The Hall–Kier alpha value is -2.83. The maximum absolute atomic E-state index is 12.9. The number of sulfonamides is 1. The molecule has 0 unspecified atom stereocenters. The van der Waals surface area contributed by atoms with E-state index in [1.165, 1.54) is 28.0 Å². The van der Waals surface area contributed by atoms with Crippen LogP contribution in [-0.2, 0) is 16.2 Å². The lowest BCUT2D eigenvalue weighted by Crippen LogP contribution is -2.48. The second-order valence-corrected chi connectivity index (χ2v) is 9.56. The summed E-state index contributed by atoms with van der Waals surface area (Å²) in [5.41, 5.74) is 0.931. The number of benzene rings is 1. The highest BCUT2D eigenvalue weighted by Crippen LogP contribution is 2.32. The monoisotopic (exact) mass is 481 g/mol. The molecule has 0 saturated carbocycles. The molecule has 3 heterocycles. The van der Waals surface area contributed by atoms with Crippen molar-refractivity contribution in [1.29, 1.82) is 0 Å². The predicted octanol–water partition coefficient (Wildman–Crippen LogP) is 3.88. The number of hydrogen-bond donors (Lipinski definition) is 0. The second kappa shape index (κ2) is 8.60. The Balaban J connectivity index is 1.68. The number of alkyl halides is 3. The van der Waals surface area contributed by atoms with Gasteiger partial charge in [0, 0.05) is 48.6 Å². The van der Waals surface area contributed by atoms with Crippen molar-refractivity contribution in [3.8, 4) is 22.6 Å². The Morgan fingerprint density at radius 1 is 1.03 bits per heavy atom. The lowest BCUT2D eigenvalue weighted by atomic mass is 10.1. The van der Waals surface area contributed by atoms with Gasteiger partial charge < -0.3 is 4.90 Å². The number of anilines is 1. The predicted molar refractivity (Wildman–Crippen MR) is 116 cm³/mol. The van der Waals surface area contributed by atoms with Crippen molar-refractivity contribution in [2.24, 2.45) is 0 Å². The first-order chi connectivity index (χ1) is 15.2. The summed E-state index contributed by atoms with van der Waals surface area (Å²) < 4.78 is 68.2. The number of halogens is 3. The normalized spacial score (nSPS) is 15.7. The molecule has 1 aliphatic heterocycles. The molecule has 0 atom stereocenters. The molecule has 0 spiro atoms. The Labute approximate surface area is 187 Å². The van der Waals surface area contributed by atoms with Crippen LogP contribution in [0.4, 0.5) is 19.0 Å². The zero-order chi connectivity index (χ0) is 22.9. The van der Waals surface area contributed by atoms with Gasteiger partial charge in [-0.1, -0.05) is 18.7 Å². The number of piperazine rings is 1. The summed E-state index contributed by atoms with van der Waals surface area (Å²) in [4.78, 5) is 11.1. The van der Waals surface area contributed by atoms with Gasteiger partial charge in [-0.05, 0) is 23.7 Å². The van der Waals surface area contributed by atoms with Crippen LogP contribution in [0.15, 0.2) is 53.9 Å². The van der Waals surface area contributed by atoms with Gasteiger partial charge in [-0.3, -0.25) is 0 Å². The molecule has 2 aromatic heterocycles. The molecule has 32 heavy (non-hydrogen) atoms. The fourth-order valence-electron chi connectivity index (χ4n) is 3.30. The first kappa shape index (κ1) is 22.4. The minimum absolute atomic E-state index is 0.267. The standard InChI is InChI=1S/C20H18F3N5O2S2/c1-2-32(29,30)28-9-7-27(8-10-28)18-11-17(25-19(26-18)15-12-24-31-13-15)14-3-5-16(6-4-14)20(21,22)23/h2-6,11-13H,1,7-10H2. The van der Waals surface area contributed by atoms with Crippen LogP contribution in [0.2, 0.25) is 0 Å². The van der Waals surface area contributed by atoms with E-state index in [1.54, 1.807) is 17.6 Å². The second-order valence-electron chi connectivity index (χ2n) is 7.02. The van der Waals surface area contributed by atoms with Crippen molar-refractivity contribution in [2.45, 2.75) is 6.18 Å².